The van der Waals surface area contributed by atoms with Crippen LogP contribution < -0.4 is 10.2 Å². The Hall–Kier alpha value is -5.84. The van der Waals surface area contributed by atoms with Crippen molar-refractivity contribution in [2.75, 3.05) is 34.5 Å². The summed E-state index contributed by atoms with van der Waals surface area (Å²) < 4.78 is 0. The number of hydrogen-bond acceptors (Lipinski definition) is 24. The molecule has 0 aliphatic rings. The Kier molecular flexibility index (Phi) is 28.0. The number of carbonyl (C=O) groups is 6. The Bertz CT molecular complexity index is 2080. The first-order valence-electron chi connectivity index (χ1n) is 17.8. The third kappa shape index (κ3) is 26.2. The minimum absolute atomic E-state index is 0. The Morgan fingerprint density at radius 1 is 0.343 bits per heavy atom. The minimum atomic E-state index is -1.31. The van der Waals surface area contributed by atoms with Gasteiger partial charge in [0.05, 0.1) is 35.0 Å². The molecule has 0 aliphatic carbocycles. The number of aromatic nitrogens is 10. The van der Waals surface area contributed by atoms with Crippen molar-refractivity contribution in [3.8, 4) is 22.3 Å². The van der Waals surface area contributed by atoms with E-state index in [4.69, 9.17) is 20.4 Å². The van der Waals surface area contributed by atoms with Crippen molar-refractivity contribution >= 4 is 106 Å². The summed E-state index contributed by atoms with van der Waals surface area (Å²) in [6.07, 6.45) is 14.3. The average molecular weight is 1080 g/mol. The van der Waals surface area contributed by atoms with E-state index in [1.807, 2.05) is 48.5 Å². The molecule has 0 radical (unpaired) electrons. The van der Waals surface area contributed by atoms with Gasteiger partial charge in [0, 0.05) is 61.1 Å². The van der Waals surface area contributed by atoms with Crippen molar-refractivity contribution in [1.82, 2.24) is 49.8 Å². The molecule has 6 aromatic rings. The molecule has 0 amide bonds. The van der Waals surface area contributed by atoms with Crippen LogP contribution in [-0.4, -0.2) is 141 Å². The van der Waals surface area contributed by atoms with Gasteiger partial charge in [-0.15, -0.1) is 0 Å². The van der Waals surface area contributed by atoms with Crippen LogP contribution in [0.1, 0.15) is 0 Å². The molecule has 344 valence electrons. The van der Waals surface area contributed by atoms with E-state index in [1.165, 1.54) is 22.3 Å². The molecule has 67 heavy (non-hydrogen) atoms. The van der Waals surface area contributed by atoms with E-state index in [-0.39, 0.29) is 84.9 Å². The predicted molar refractivity (Wildman–Crippen MR) is 239 cm³/mol. The molecule has 0 aromatic carbocycles. The molecule has 0 atom stereocenters. The number of carbonyl (C=O) groups excluding carboxylic acids is 2. The number of nitrogens with zero attached hydrogens (tertiary/aromatic N) is 10. The number of pyridine rings is 4. The molecule has 0 saturated carbocycles. The normalized spacial score (nSPS) is 9.91. The van der Waals surface area contributed by atoms with Gasteiger partial charge in [0.2, 0.25) is 0 Å². The Morgan fingerprint density at radius 2 is 0.507 bits per heavy atom. The van der Waals surface area contributed by atoms with Crippen molar-refractivity contribution < 1.29 is 78.9 Å². The number of hydrogen-bond donors (Lipinski definition) is 4. The topological polar surface area (TPSA) is 358 Å². The van der Waals surface area contributed by atoms with Crippen LogP contribution in [0.3, 0.4) is 0 Å². The molecule has 29 heteroatoms. The van der Waals surface area contributed by atoms with E-state index in [2.05, 4.69) is 49.8 Å². The smallest absolute Gasteiger partial charge is 0.549 e. The van der Waals surface area contributed by atoms with Gasteiger partial charge in [-0.3, -0.25) is 39.1 Å². The summed E-state index contributed by atoms with van der Waals surface area (Å²) in [5, 5.41) is 55.7. The fraction of sp³-hybridized carbons (Fsp3) is 0.158. The van der Waals surface area contributed by atoms with Gasteiger partial charge in [0.1, 0.15) is 0 Å². The molecule has 0 spiro atoms. The van der Waals surface area contributed by atoms with Crippen molar-refractivity contribution in [3.63, 3.8) is 0 Å². The van der Waals surface area contributed by atoms with Crippen molar-refractivity contribution in [2.45, 2.75) is 30.9 Å². The van der Waals surface area contributed by atoms with Crippen molar-refractivity contribution in [1.29, 1.82) is 0 Å². The molecule has 0 unspecified atom stereocenters. The van der Waals surface area contributed by atoms with Crippen LogP contribution in [0.15, 0.2) is 129 Å². The van der Waals surface area contributed by atoms with Gasteiger partial charge in [-0.1, -0.05) is 70.6 Å². The first-order valence-corrected chi connectivity index (χ1v) is 23.7. The van der Waals surface area contributed by atoms with Crippen molar-refractivity contribution in [3.05, 3.63) is 98.1 Å². The predicted octanol–water partition coefficient (Wildman–Crippen LogP) is 2.42. The Balaban J connectivity index is 0.000000314. The van der Waals surface area contributed by atoms with E-state index < -0.39 is 35.8 Å². The summed E-state index contributed by atoms with van der Waals surface area (Å²) in [6.45, 7) is 0. The minimum Gasteiger partial charge on any atom is -0.549 e. The molecule has 6 rings (SSSR count). The fourth-order valence-corrected chi connectivity index (χ4v) is 7.62. The number of thioether (sulfide) groups is 6. The monoisotopic (exact) mass is 1080 g/mol. The first kappa shape index (κ1) is 57.3. The second-order valence-electron chi connectivity index (χ2n) is 11.4. The van der Waals surface area contributed by atoms with E-state index >= 15 is 0 Å². The molecule has 0 saturated heterocycles. The summed E-state index contributed by atoms with van der Waals surface area (Å²) in [4.78, 5) is 102. The summed E-state index contributed by atoms with van der Waals surface area (Å²) in [5.41, 5.74) is 4.69. The SMILES string of the molecule is O=C([O-])CSc1nc(SCC(=O)O)nc(SCC(=O)O)n1.O=C([O-])CSc1nc(SCC(=O)O)nc(SCC(=O)O)n1.[Zn+2].c1cc(-c2ccncc2)ccn1.c1cc(-c2ccncc2)ccn1. The van der Waals surface area contributed by atoms with Crippen LogP contribution in [0.25, 0.3) is 22.3 Å². The third-order valence-corrected chi connectivity index (χ3v) is 11.4. The number of carboxylic acid groups (broad SMARTS) is 6. The second kappa shape index (κ2) is 32.8. The maximum Gasteiger partial charge on any atom is 2.00 e. The molecule has 22 nitrogen and oxygen atoms in total. The molecular formula is C38H32N10O12S6Zn. The van der Waals surface area contributed by atoms with E-state index in [1.54, 1.807) is 49.6 Å². The summed E-state index contributed by atoms with van der Waals surface area (Å²) >= 11 is 4.86. The zero-order valence-corrected chi connectivity index (χ0v) is 42.0. The fourth-order valence-electron chi connectivity index (χ4n) is 3.96. The van der Waals surface area contributed by atoms with Gasteiger partial charge in [-0.2, -0.15) is 29.9 Å². The van der Waals surface area contributed by atoms with Crippen LogP contribution in [-0.2, 0) is 48.2 Å². The molecule has 4 N–H and O–H groups in total. The number of rotatable bonds is 20. The van der Waals surface area contributed by atoms with Gasteiger partial charge in [0.15, 0.2) is 30.9 Å². The van der Waals surface area contributed by atoms with Crippen LogP contribution >= 0.6 is 70.6 Å². The Labute approximate surface area is 418 Å². The van der Waals surface area contributed by atoms with Crippen LogP contribution in [0.5, 0.6) is 0 Å². The van der Waals surface area contributed by atoms with E-state index in [9.17, 15) is 39.0 Å². The quantitative estimate of drug-likeness (QED) is 0.0630. The molecule has 0 aliphatic heterocycles. The largest absolute Gasteiger partial charge is 2.00 e. The van der Waals surface area contributed by atoms with Crippen LogP contribution in [0, 0.1) is 0 Å². The molecular weight excluding hydrogens is 1050 g/mol. The summed E-state index contributed by atoms with van der Waals surface area (Å²) in [6, 6.07) is 15.9. The second-order valence-corrected chi connectivity index (χ2v) is 17.0. The molecule has 0 bridgehead atoms. The zero-order valence-electron chi connectivity index (χ0n) is 34.2. The van der Waals surface area contributed by atoms with Crippen LogP contribution in [0.2, 0.25) is 0 Å². The molecule has 6 heterocycles. The van der Waals surface area contributed by atoms with E-state index in [0.717, 1.165) is 70.6 Å². The standard InChI is InChI=1S/2C10H8N2.2C9H9N3O6S3.Zn/c2*1-5-11-6-2-9(1)10-3-7-12-8-4-10;2*13-4(14)1-19-7-10-8(20-2-5(15)16)12-9(11-7)21-3-6(17)18;/h2*1-8H;2*1-3H2,(H,13,14)(H,15,16)(H,17,18);/q;;;;+2/p-2. The zero-order chi connectivity index (χ0) is 48.1. The third-order valence-electron chi connectivity index (χ3n) is 6.47. The van der Waals surface area contributed by atoms with E-state index in [0.29, 0.717) is 0 Å². The first-order chi connectivity index (χ1) is 31.7. The van der Waals surface area contributed by atoms with Gasteiger partial charge < -0.3 is 40.2 Å². The maximum atomic E-state index is 10.5. The average Bonchev–Trinajstić information content (AvgIpc) is 3.32. The van der Waals surface area contributed by atoms with Gasteiger partial charge in [-0.25, -0.2) is 0 Å². The Morgan fingerprint density at radius 3 is 0.657 bits per heavy atom. The van der Waals surface area contributed by atoms with Crippen LogP contribution in [0.4, 0.5) is 0 Å². The maximum absolute atomic E-state index is 10.5. The van der Waals surface area contributed by atoms with Gasteiger partial charge in [-0.05, 0) is 70.8 Å². The summed E-state index contributed by atoms with van der Waals surface area (Å²) in [5.74, 6) is -8.75. The van der Waals surface area contributed by atoms with Gasteiger partial charge in [0.25, 0.3) is 0 Å². The number of aliphatic carboxylic acids is 6. The van der Waals surface area contributed by atoms with Gasteiger partial charge >= 0.3 is 43.4 Å². The van der Waals surface area contributed by atoms with Crippen molar-refractivity contribution in [2.24, 2.45) is 0 Å². The number of carboxylic acids is 6. The molecule has 6 aromatic heterocycles. The molecule has 0 fully saturated rings. The summed E-state index contributed by atoms with van der Waals surface area (Å²) in [7, 11) is 0.